The van der Waals surface area contributed by atoms with Gasteiger partial charge in [0.25, 0.3) is 5.91 Å². The molecular weight excluding hydrogens is 363 g/mol. The Bertz CT molecular complexity index is 829. The summed E-state index contributed by atoms with van der Waals surface area (Å²) in [7, 11) is 1.24. The lowest BCUT2D eigenvalue weighted by Gasteiger charge is -2.17. The second-order valence-electron chi connectivity index (χ2n) is 5.18. The normalized spacial score (nSPS) is 11.3. The second-order valence-corrected chi connectivity index (χ2v) is 6.02. The molecule has 0 saturated carbocycles. The van der Waals surface area contributed by atoms with Gasteiger partial charge in [0.1, 0.15) is 6.04 Å². The number of hydrogen-bond acceptors (Lipinski definition) is 4. The van der Waals surface area contributed by atoms with Crippen LogP contribution in [0.4, 0.5) is 0 Å². The Morgan fingerprint density at radius 3 is 2.44 bits per heavy atom. The molecule has 0 aliphatic heterocycles. The van der Waals surface area contributed by atoms with Crippen LogP contribution < -0.4 is 5.32 Å². The van der Waals surface area contributed by atoms with Gasteiger partial charge in [-0.15, -0.1) is 0 Å². The van der Waals surface area contributed by atoms with Crippen LogP contribution >= 0.6 is 23.2 Å². The minimum atomic E-state index is -0.910. The van der Waals surface area contributed by atoms with Gasteiger partial charge in [-0.05, 0) is 42.0 Å². The van der Waals surface area contributed by atoms with Gasteiger partial charge in [-0.25, -0.2) is 4.79 Å². The largest absolute Gasteiger partial charge is 0.467 e. The Balaban J connectivity index is 2.18. The number of nitrogens with zero attached hydrogens (tertiary/aromatic N) is 1. The number of hydrogen-bond donors (Lipinski definition) is 1. The maximum atomic E-state index is 12.3. The van der Waals surface area contributed by atoms with Gasteiger partial charge < -0.3 is 10.1 Å². The van der Waals surface area contributed by atoms with Gasteiger partial charge >= 0.3 is 5.97 Å². The SMILES string of the molecule is COC(=O)[C@@H](Cc1ccc(Cl)cc1Cl)NC(=O)c1ccc(C#N)cc1. The zero-order valence-corrected chi connectivity index (χ0v) is 14.8. The van der Waals surface area contributed by atoms with Crippen LogP contribution in [0.5, 0.6) is 0 Å². The Morgan fingerprint density at radius 1 is 1.20 bits per heavy atom. The summed E-state index contributed by atoms with van der Waals surface area (Å²) in [5.41, 5.74) is 1.42. The Labute approximate surface area is 155 Å². The second kappa shape index (κ2) is 8.52. The summed E-state index contributed by atoms with van der Waals surface area (Å²) in [4.78, 5) is 24.4. The van der Waals surface area contributed by atoms with E-state index in [0.717, 1.165) is 0 Å². The molecule has 2 aromatic carbocycles. The Hall–Kier alpha value is -2.55. The first-order valence-corrected chi connectivity index (χ1v) is 8.03. The van der Waals surface area contributed by atoms with Crippen LogP contribution in [0, 0.1) is 11.3 Å². The summed E-state index contributed by atoms with van der Waals surface area (Å²) >= 11 is 12.0. The predicted octanol–water partition coefficient (Wildman–Crippen LogP) is 3.38. The highest BCUT2D eigenvalue weighted by molar-refractivity contribution is 6.35. The summed E-state index contributed by atoms with van der Waals surface area (Å²) in [6.45, 7) is 0. The third-order valence-corrected chi connectivity index (χ3v) is 4.09. The first-order valence-electron chi connectivity index (χ1n) is 7.27. The minimum Gasteiger partial charge on any atom is -0.467 e. The Kier molecular flexibility index (Phi) is 6.40. The molecule has 2 rings (SSSR count). The molecule has 25 heavy (non-hydrogen) atoms. The molecule has 7 heteroatoms. The predicted molar refractivity (Wildman–Crippen MR) is 94.6 cm³/mol. The van der Waals surface area contributed by atoms with Crippen molar-refractivity contribution in [3.05, 3.63) is 69.2 Å². The van der Waals surface area contributed by atoms with E-state index in [1.54, 1.807) is 18.2 Å². The van der Waals surface area contributed by atoms with E-state index in [1.807, 2.05) is 6.07 Å². The minimum absolute atomic E-state index is 0.157. The van der Waals surface area contributed by atoms with Crippen LogP contribution in [-0.2, 0) is 16.0 Å². The van der Waals surface area contributed by atoms with E-state index < -0.39 is 17.9 Å². The van der Waals surface area contributed by atoms with Gasteiger partial charge in [0.15, 0.2) is 0 Å². The van der Waals surface area contributed by atoms with E-state index in [-0.39, 0.29) is 6.42 Å². The smallest absolute Gasteiger partial charge is 0.328 e. The fourth-order valence-electron chi connectivity index (χ4n) is 2.18. The summed E-state index contributed by atoms with van der Waals surface area (Å²) in [6.07, 6.45) is 0.157. The molecule has 0 heterocycles. The number of nitriles is 1. The average molecular weight is 377 g/mol. The van der Waals surface area contributed by atoms with Gasteiger partial charge in [-0.2, -0.15) is 5.26 Å². The van der Waals surface area contributed by atoms with E-state index in [0.29, 0.717) is 26.7 Å². The number of ether oxygens (including phenoxy) is 1. The van der Waals surface area contributed by atoms with Gasteiger partial charge in [0, 0.05) is 22.0 Å². The molecule has 0 fully saturated rings. The topological polar surface area (TPSA) is 79.2 Å². The van der Waals surface area contributed by atoms with Crippen molar-refractivity contribution in [3.63, 3.8) is 0 Å². The van der Waals surface area contributed by atoms with Crippen molar-refractivity contribution in [2.24, 2.45) is 0 Å². The van der Waals surface area contributed by atoms with Crippen LogP contribution in [0.1, 0.15) is 21.5 Å². The zero-order valence-electron chi connectivity index (χ0n) is 13.3. The highest BCUT2D eigenvalue weighted by atomic mass is 35.5. The van der Waals surface area contributed by atoms with Crippen LogP contribution in [0.25, 0.3) is 0 Å². The number of nitrogens with one attached hydrogen (secondary N) is 1. The van der Waals surface area contributed by atoms with E-state index in [1.165, 1.54) is 31.4 Å². The van der Waals surface area contributed by atoms with E-state index >= 15 is 0 Å². The molecule has 0 aliphatic carbocycles. The maximum absolute atomic E-state index is 12.3. The first-order chi connectivity index (χ1) is 11.9. The number of esters is 1. The van der Waals surface area contributed by atoms with E-state index in [2.05, 4.69) is 5.32 Å². The monoisotopic (exact) mass is 376 g/mol. The molecule has 0 spiro atoms. The highest BCUT2D eigenvalue weighted by Crippen LogP contribution is 2.22. The van der Waals surface area contributed by atoms with Gasteiger partial charge in [-0.1, -0.05) is 29.3 Å². The number of rotatable bonds is 5. The van der Waals surface area contributed by atoms with E-state index in [4.69, 9.17) is 33.2 Å². The van der Waals surface area contributed by atoms with Crippen molar-refractivity contribution in [3.8, 4) is 6.07 Å². The van der Waals surface area contributed by atoms with Crippen molar-refractivity contribution < 1.29 is 14.3 Å². The zero-order chi connectivity index (χ0) is 18.4. The van der Waals surface area contributed by atoms with Crippen LogP contribution in [-0.4, -0.2) is 25.0 Å². The molecule has 5 nitrogen and oxygen atoms in total. The molecule has 0 aliphatic rings. The van der Waals surface area contributed by atoms with Crippen LogP contribution in [0.15, 0.2) is 42.5 Å². The lowest BCUT2D eigenvalue weighted by atomic mass is 10.0. The van der Waals surface area contributed by atoms with Crippen molar-refractivity contribution in [1.29, 1.82) is 5.26 Å². The molecule has 1 amide bonds. The van der Waals surface area contributed by atoms with Crippen molar-refractivity contribution in [2.45, 2.75) is 12.5 Å². The van der Waals surface area contributed by atoms with Crippen molar-refractivity contribution >= 4 is 35.1 Å². The van der Waals surface area contributed by atoms with Crippen LogP contribution in [0.2, 0.25) is 10.0 Å². The van der Waals surface area contributed by atoms with Crippen molar-refractivity contribution in [1.82, 2.24) is 5.32 Å². The van der Waals surface area contributed by atoms with Crippen LogP contribution in [0.3, 0.4) is 0 Å². The molecule has 0 unspecified atom stereocenters. The Morgan fingerprint density at radius 2 is 1.88 bits per heavy atom. The summed E-state index contributed by atoms with van der Waals surface area (Å²) < 4.78 is 4.76. The first kappa shape index (κ1) is 18.8. The molecule has 0 bridgehead atoms. The highest BCUT2D eigenvalue weighted by Gasteiger charge is 2.23. The number of benzene rings is 2. The number of amides is 1. The lowest BCUT2D eigenvalue weighted by Crippen LogP contribution is -2.43. The summed E-state index contributed by atoms with van der Waals surface area (Å²) in [5, 5.41) is 12.3. The number of carbonyl (C=O) groups is 2. The molecule has 0 radical (unpaired) electrons. The number of methoxy groups -OCH3 is 1. The molecule has 0 saturated heterocycles. The summed E-state index contributed by atoms with van der Waals surface area (Å²) in [5.74, 6) is -1.04. The lowest BCUT2D eigenvalue weighted by molar-refractivity contribution is -0.142. The molecule has 128 valence electrons. The van der Waals surface area contributed by atoms with Gasteiger partial charge in [0.05, 0.1) is 18.7 Å². The standard InChI is InChI=1S/C18H14Cl2N2O3/c1-25-18(24)16(8-13-6-7-14(19)9-15(13)20)22-17(23)12-4-2-11(10-21)3-5-12/h2-7,9,16H,8H2,1H3,(H,22,23)/t16-/m1/s1. The quantitative estimate of drug-likeness (QED) is 0.811. The average Bonchev–Trinajstić information content (AvgIpc) is 2.62. The van der Waals surface area contributed by atoms with Gasteiger partial charge in [0.2, 0.25) is 0 Å². The van der Waals surface area contributed by atoms with E-state index in [9.17, 15) is 9.59 Å². The number of halogens is 2. The molecule has 1 N–H and O–H groups in total. The fraction of sp³-hybridized carbons (Fsp3) is 0.167. The summed E-state index contributed by atoms with van der Waals surface area (Å²) in [6, 6.07) is 12.0. The third-order valence-electron chi connectivity index (χ3n) is 3.51. The van der Waals surface area contributed by atoms with Crippen molar-refractivity contribution in [2.75, 3.05) is 7.11 Å². The van der Waals surface area contributed by atoms with Gasteiger partial charge in [-0.3, -0.25) is 4.79 Å². The molecular formula is C18H14Cl2N2O3. The molecule has 1 atom stereocenters. The third kappa shape index (κ3) is 4.96. The molecule has 0 aromatic heterocycles. The number of carbonyl (C=O) groups excluding carboxylic acids is 2. The fourth-order valence-corrected chi connectivity index (χ4v) is 2.67. The molecule has 2 aromatic rings. The maximum Gasteiger partial charge on any atom is 0.328 e.